The molecule has 0 aliphatic carbocycles. The summed E-state index contributed by atoms with van der Waals surface area (Å²) < 4.78 is 2.87. The summed E-state index contributed by atoms with van der Waals surface area (Å²) in [5.74, 6) is -1.56. The van der Waals surface area contributed by atoms with Crippen LogP contribution < -0.4 is 9.67 Å². The van der Waals surface area contributed by atoms with E-state index in [0.29, 0.717) is 16.4 Å². The first kappa shape index (κ1) is 23.7. The second-order valence-corrected chi connectivity index (χ2v) is 9.31. The van der Waals surface area contributed by atoms with Gasteiger partial charge in [-0.05, 0) is 55.8 Å². The van der Waals surface area contributed by atoms with Crippen molar-refractivity contribution < 1.29 is 19.3 Å². The van der Waals surface area contributed by atoms with Crippen molar-refractivity contribution >= 4 is 34.7 Å². The van der Waals surface area contributed by atoms with Crippen LogP contribution in [0.4, 0.5) is 0 Å². The lowest BCUT2D eigenvalue weighted by atomic mass is 9.98. The molecule has 0 fully saturated rings. The van der Waals surface area contributed by atoms with E-state index in [2.05, 4.69) is 5.10 Å². The molecule has 0 saturated carbocycles. The predicted octanol–water partition coefficient (Wildman–Crippen LogP) is 3.72. The van der Waals surface area contributed by atoms with Crippen LogP contribution in [0.15, 0.2) is 48.8 Å². The number of aromatic nitrogens is 3. The van der Waals surface area contributed by atoms with E-state index < -0.39 is 17.7 Å². The number of hydrogen-bond donors (Lipinski definition) is 0. The third kappa shape index (κ3) is 3.90. The normalized spacial score (nSPS) is 14.3. The molecule has 0 atom stereocenters. The highest BCUT2D eigenvalue weighted by Crippen LogP contribution is 2.39. The molecule has 1 aromatic carbocycles. The third-order valence-corrected chi connectivity index (χ3v) is 6.13. The van der Waals surface area contributed by atoms with Gasteiger partial charge in [0, 0.05) is 28.8 Å². The Bertz CT molecular complexity index is 1310. The summed E-state index contributed by atoms with van der Waals surface area (Å²) in [6, 6.07) is 10.2. The van der Waals surface area contributed by atoms with Crippen molar-refractivity contribution in [1.29, 1.82) is 0 Å². The maximum Gasteiger partial charge on any atom is 0.327 e. The first-order valence-corrected chi connectivity index (χ1v) is 11.7. The molecule has 1 aliphatic heterocycles. The fraction of sp³-hybridized carbons (Fsp3) is 0.308. The third-order valence-electron chi connectivity index (χ3n) is 5.89. The van der Waals surface area contributed by atoms with Crippen LogP contribution in [0, 0.1) is 0 Å². The summed E-state index contributed by atoms with van der Waals surface area (Å²) in [4.78, 5) is 28.3. The number of aryl methyl sites for hydroxylation is 1. The lowest BCUT2D eigenvalue weighted by molar-refractivity contribution is -0.577. The Hall–Kier alpha value is -3.45. The molecular weight excluding hydrogens is 452 g/mol. The summed E-state index contributed by atoms with van der Waals surface area (Å²) in [6.07, 6.45) is 4.35. The van der Waals surface area contributed by atoms with E-state index in [1.807, 2.05) is 32.9 Å². The van der Waals surface area contributed by atoms with Crippen LogP contribution in [0.2, 0.25) is 5.02 Å². The fourth-order valence-corrected chi connectivity index (χ4v) is 4.34. The minimum absolute atomic E-state index is 0.0786. The highest BCUT2D eigenvalue weighted by Gasteiger charge is 2.47. The highest BCUT2D eigenvalue weighted by molar-refractivity contribution is 6.45. The maximum absolute atomic E-state index is 13.7. The van der Waals surface area contributed by atoms with Crippen molar-refractivity contribution in [1.82, 2.24) is 14.7 Å². The molecule has 3 heterocycles. The van der Waals surface area contributed by atoms with Crippen LogP contribution in [0.25, 0.3) is 17.0 Å². The number of rotatable bonds is 6. The standard InChI is InChI=1S/C26H27ClN4O3/c1-6-17-10-12-29(13-11-17)23-21(24(32)30(16(4)5)26(23)34)20-22(15(2)3)28-31(25(20)33)19-9-7-8-18(27)14-19/h7-16H,6H2,1-5H3. The number of carbonyl (C=O) groups excluding carboxylic acids is 2. The van der Waals surface area contributed by atoms with E-state index >= 15 is 0 Å². The minimum Gasteiger partial charge on any atom is -0.858 e. The number of halogens is 1. The monoisotopic (exact) mass is 478 g/mol. The van der Waals surface area contributed by atoms with Gasteiger partial charge >= 0.3 is 5.91 Å². The number of imide groups is 1. The Morgan fingerprint density at radius 1 is 1.06 bits per heavy atom. The molecule has 8 heteroatoms. The van der Waals surface area contributed by atoms with Crippen molar-refractivity contribution in [3.8, 4) is 11.6 Å². The molecule has 4 rings (SSSR count). The van der Waals surface area contributed by atoms with Crippen molar-refractivity contribution in [3.05, 3.63) is 70.6 Å². The van der Waals surface area contributed by atoms with Gasteiger partial charge in [-0.2, -0.15) is 9.67 Å². The number of benzene rings is 1. The zero-order valence-corrected chi connectivity index (χ0v) is 20.6. The molecule has 34 heavy (non-hydrogen) atoms. The lowest BCUT2D eigenvalue weighted by Gasteiger charge is -2.19. The number of nitrogens with zero attached hydrogens (tertiary/aromatic N) is 4. The summed E-state index contributed by atoms with van der Waals surface area (Å²) in [7, 11) is 0. The molecule has 2 aromatic heterocycles. The topological polar surface area (TPSA) is 82.1 Å². The van der Waals surface area contributed by atoms with Gasteiger partial charge in [0.2, 0.25) is 0 Å². The fourth-order valence-electron chi connectivity index (χ4n) is 4.15. The largest absolute Gasteiger partial charge is 0.858 e. The van der Waals surface area contributed by atoms with Gasteiger partial charge < -0.3 is 5.11 Å². The van der Waals surface area contributed by atoms with Gasteiger partial charge in [0.15, 0.2) is 12.4 Å². The van der Waals surface area contributed by atoms with Crippen molar-refractivity contribution in [2.45, 2.75) is 53.0 Å². The maximum atomic E-state index is 13.7. The van der Waals surface area contributed by atoms with Gasteiger partial charge in [-0.1, -0.05) is 38.4 Å². The Morgan fingerprint density at radius 2 is 1.74 bits per heavy atom. The van der Waals surface area contributed by atoms with Crippen molar-refractivity contribution in [2.24, 2.45) is 0 Å². The molecule has 0 bridgehead atoms. The summed E-state index contributed by atoms with van der Waals surface area (Å²) in [5, 5.41) is 18.8. The first-order valence-electron chi connectivity index (χ1n) is 11.3. The van der Waals surface area contributed by atoms with E-state index in [1.54, 1.807) is 55.1 Å². The molecule has 0 radical (unpaired) electrons. The van der Waals surface area contributed by atoms with Crippen LogP contribution >= 0.6 is 11.6 Å². The molecule has 0 N–H and O–H groups in total. The SMILES string of the molecule is CCc1cc[n+](C2=C(c3c(C(C)C)nn(-c4cccc(Cl)c4)c3[O-])C(=O)N(C(C)C)C2=O)cc1. The van der Waals surface area contributed by atoms with Gasteiger partial charge in [-0.3, -0.25) is 14.5 Å². The highest BCUT2D eigenvalue weighted by atomic mass is 35.5. The zero-order chi connectivity index (χ0) is 24.7. The van der Waals surface area contributed by atoms with E-state index in [0.717, 1.165) is 12.0 Å². The van der Waals surface area contributed by atoms with Crippen molar-refractivity contribution in [2.75, 3.05) is 0 Å². The molecule has 7 nitrogen and oxygen atoms in total. The second kappa shape index (κ2) is 9.06. The van der Waals surface area contributed by atoms with Crippen LogP contribution in [-0.2, 0) is 16.0 Å². The molecule has 0 spiro atoms. The van der Waals surface area contributed by atoms with Crippen LogP contribution in [0.3, 0.4) is 0 Å². The number of hydrogen-bond acceptors (Lipinski definition) is 4. The van der Waals surface area contributed by atoms with Gasteiger partial charge in [-0.15, -0.1) is 0 Å². The Kier molecular flexibility index (Phi) is 6.32. The molecule has 1 aliphatic rings. The van der Waals surface area contributed by atoms with E-state index in [4.69, 9.17) is 11.6 Å². The number of carbonyl (C=O) groups is 2. The predicted molar refractivity (Wildman–Crippen MR) is 128 cm³/mol. The van der Waals surface area contributed by atoms with Crippen molar-refractivity contribution in [3.63, 3.8) is 0 Å². The number of amides is 2. The second-order valence-electron chi connectivity index (χ2n) is 8.88. The van der Waals surface area contributed by atoms with Gasteiger partial charge in [0.05, 0.1) is 11.4 Å². The van der Waals surface area contributed by atoms with Crippen LogP contribution in [0.5, 0.6) is 5.88 Å². The van der Waals surface area contributed by atoms with E-state index in [9.17, 15) is 14.7 Å². The van der Waals surface area contributed by atoms with E-state index in [-0.39, 0.29) is 28.8 Å². The van der Waals surface area contributed by atoms with Gasteiger partial charge in [0.1, 0.15) is 5.57 Å². The summed E-state index contributed by atoms with van der Waals surface area (Å²) >= 11 is 6.15. The lowest BCUT2D eigenvalue weighted by Crippen LogP contribution is -2.42. The average molecular weight is 479 g/mol. The zero-order valence-electron chi connectivity index (χ0n) is 19.9. The Labute approximate surface area is 203 Å². The average Bonchev–Trinajstić information content (AvgIpc) is 3.26. The van der Waals surface area contributed by atoms with Gasteiger partial charge in [0.25, 0.3) is 11.6 Å². The Morgan fingerprint density at radius 3 is 2.29 bits per heavy atom. The quantitative estimate of drug-likeness (QED) is 0.399. The summed E-state index contributed by atoms with van der Waals surface area (Å²) in [6.45, 7) is 9.39. The molecular formula is C26H27ClN4O3. The van der Waals surface area contributed by atoms with Crippen LogP contribution in [-0.4, -0.2) is 32.5 Å². The number of pyridine rings is 1. The van der Waals surface area contributed by atoms with Gasteiger partial charge in [-0.25, -0.2) is 4.68 Å². The first-order chi connectivity index (χ1) is 16.1. The Balaban J connectivity index is 2.02. The summed E-state index contributed by atoms with van der Waals surface area (Å²) in [5.41, 5.74) is 2.43. The minimum atomic E-state index is -0.494. The molecule has 3 aromatic rings. The molecule has 2 amide bonds. The molecule has 0 unspecified atom stereocenters. The molecule has 0 saturated heterocycles. The molecule has 176 valence electrons. The van der Waals surface area contributed by atoms with Crippen LogP contribution in [0.1, 0.15) is 57.4 Å². The smallest absolute Gasteiger partial charge is 0.327 e. The van der Waals surface area contributed by atoms with E-state index in [1.165, 1.54) is 9.58 Å².